The van der Waals surface area contributed by atoms with Crippen LogP contribution >= 0.6 is 0 Å². The molecule has 3 heteroatoms. The van der Waals surface area contributed by atoms with Crippen LogP contribution in [0, 0.1) is 0 Å². The number of fused-ring (bicyclic) bond motifs is 2. The number of benzene rings is 3. The van der Waals surface area contributed by atoms with Crippen molar-refractivity contribution in [3.05, 3.63) is 112 Å². The van der Waals surface area contributed by atoms with Crippen LogP contribution in [0.15, 0.2) is 88.1 Å². The lowest BCUT2D eigenvalue weighted by Gasteiger charge is -2.26. The van der Waals surface area contributed by atoms with E-state index in [0.29, 0.717) is 28.7 Å². The molecule has 0 aliphatic heterocycles. The van der Waals surface area contributed by atoms with Gasteiger partial charge in [-0.1, -0.05) is 66.7 Å². The van der Waals surface area contributed by atoms with Gasteiger partial charge in [-0.05, 0) is 34.9 Å². The zero-order chi connectivity index (χ0) is 19.8. The molecule has 0 amide bonds. The lowest BCUT2D eigenvalue weighted by Crippen LogP contribution is -2.18. The minimum atomic E-state index is -0.0429. The van der Waals surface area contributed by atoms with Gasteiger partial charge in [-0.25, -0.2) is 0 Å². The Morgan fingerprint density at radius 2 is 1.62 bits per heavy atom. The van der Waals surface area contributed by atoms with E-state index in [1.807, 2.05) is 42.5 Å². The molecule has 0 N–H and O–H groups in total. The molecule has 0 saturated heterocycles. The fourth-order valence-corrected chi connectivity index (χ4v) is 4.19. The minimum absolute atomic E-state index is 0.0429. The second kappa shape index (κ2) is 7.10. The molecule has 3 nitrogen and oxygen atoms in total. The summed E-state index contributed by atoms with van der Waals surface area (Å²) in [5.41, 5.74) is 4.60. The van der Waals surface area contributed by atoms with Crippen molar-refractivity contribution >= 4 is 22.6 Å². The lowest BCUT2D eigenvalue weighted by atomic mass is 9.78. The average Bonchev–Trinajstić information content (AvgIpc) is 2.79. The maximum absolute atomic E-state index is 13.4. The van der Waals surface area contributed by atoms with Gasteiger partial charge in [-0.15, -0.1) is 0 Å². The molecule has 1 aromatic heterocycles. The number of rotatable bonds is 3. The van der Waals surface area contributed by atoms with E-state index in [0.717, 1.165) is 16.9 Å². The zero-order valence-electron chi connectivity index (χ0n) is 16.1. The Kier molecular flexibility index (Phi) is 4.28. The highest BCUT2D eigenvalue weighted by Crippen LogP contribution is 2.41. The van der Waals surface area contributed by atoms with Crippen LogP contribution in [-0.2, 0) is 6.42 Å². The van der Waals surface area contributed by atoms with Crippen molar-refractivity contribution in [2.24, 2.45) is 0 Å². The molecule has 3 aromatic carbocycles. The summed E-state index contributed by atoms with van der Waals surface area (Å²) in [7, 11) is 1.57. The Bertz CT molecular complexity index is 1270. The summed E-state index contributed by atoms with van der Waals surface area (Å²) in [6.07, 6.45) is 2.64. The largest absolute Gasteiger partial charge is 0.496 e. The standard InChI is InChI=1S/C26H20O3/c1-28-22-13-8-14-23-25(22)26(27)21-15-19(17-9-4-2-5-10-17)20(16-24(21)29-23)18-11-6-3-7-12-18/h2-15,20H,16H2,1H3. The number of hydrogen-bond acceptors (Lipinski definition) is 3. The van der Waals surface area contributed by atoms with Crippen molar-refractivity contribution in [2.45, 2.75) is 12.3 Å². The maximum Gasteiger partial charge on any atom is 0.203 e. The van der Waals surface area contributed by atoms with E-state index < -0.39 is 0 Å². The van der Waals surface area contributed by atoms with Gasteiger partial charge >= 0.3 is 0 Å². The molecule has 1 aliphatic carbocycles. The van der Waals surface area contributed by atoms with Crippen LogP contribution in [0.2, 0.25) is 0 Å². The van der Waals surface area contributed by atoms with E-state index >= 15 is 0 Å². The highest BCUT2D eigenvalue weighted by molar-refractivity contribution is 5.92. The molecule has 0 bridgehead atoms. The highest BCUT2D eigenvalue weighted by atomic mass is 16.5. The third-order valence-corrected chi connectivity index (χ3v) is 5.59. The molecular weight excluding hydrogens is 360 g/mol. The van der Waals surface area contributed by atoms with E-state index in [9.17, 15) is 4.79 Å². The van der Waals surface area contributed by atoms with E-state index in [2.05, 4.69) is 36.4 Å². The van der Waals surface area contributed by atoms with Crippen LogP contribution < -0.4 is 10.2 Å². The first-order chi connectivity index (χ1) is 14.3. The molecule has 1 atom stereocenters. The molecule has 29 heavy (non-hydrogen) atoms. The molecule has 1 heterocycles. The summed E-state index contributed by atoms with van der Waals surface area (Å²) in [5, 5.41) is 0.496. The first-order valence-corrected chi connectivity index (χ1v) is 9.71. The van der Waals surface area contributed by atoms with Gasteiger partial charge in [-0.3, -0.25) is 4.79 Å². The van der Waals surface area contributed by atoms with Crippen molar-refractivity contribution in [2.75, 3.05) is 7.11 Å². The van der Waals surface area contributed by atoms with Crippen LogP contribution in [0.5, 0.6) is 5.75 Å². The van der Waals surface area contributed by atoms with Crippen LogP contribution in [0.4, 0.5) is 0 Å². The first-order valence-electron chi connectivity index (χ1n) is 9.71. The average molecular weight is 380 g/mol. The number of hydrogen-bond donors (Lipinski definition) is 0. The molecular formula is C26H20O3. The normalized spacial score (nSPS) is 15.6. The van der Waals surface area contributed by atoms with Gasteiger partial charge in [0.1, 0.15) is 22.5 Å². The molecule has 1 unspecified atom stereocenters. The minimum Gasteiger partial charge on any atom is -0.496 e. The predicted molar refractivity (Wildman–Crippen MR) is 116 cm³/mol. The van der Waals surface area contributed by atoms with E-state index in [-0.39, 0.29) is 11.3 Å². The van der Waals surface area contributed by atoms with Gasteiger partial charge in [0.2, 0.25) is 5.43 Å². The van der Waals surface area contributed by atoms with E-state index in [1.165, 1.54) is 5.56 Å². The third kappa shape index (κ3) is 2.95. The first kappa shape index (κ1) is 17.5. The van der Waals surface area contributed by atoms with Crippen molar-refractivity contribution in [3.63, 3.8) is 0 Å². The Morgan fingerprint density at radius 1 is 0.897 bits per heavy atom. The van der Waals surface area contributed by atoms with Gasteiger partial charge in [0.05, 0.1) is 12.7 Å². The number of ether oxygens (including phenoxy) is 1. The van der Waals surface area contributed by atoms with Crippen molar-refractivity contribution in [1.29, 1.82) is 0 Å². The zero-order valence-corrected chi connectivity index (χ0v) is 16.1. The highest BCUT2D eigenvalue weighted by Gasteiger charge is 2.28. The topological polar surface area (TPSA) is 39.4 Å². The van der Waals surface area contributed by atoms with Gasteiger partial charge in [0, 0.05) is 12.3 Å². The van der Waals surface area contributed by atoms with Crippen LogP contribution in [0.3, 0.4) is 0 Å². The monoisotopic (exact) mass is 380 g/mol. The second-order valence-corrected chi connectivity index (χ2v) is 7.23. The lowest BCUT2D eigenvalue weighted by molar-refractivity contribution is 0.418. The molecule has 0 spiro atoms. The SMILES string of the molecule is COc1cccc2oc3c(c(=O)c12)C=C(c1ccccc1)C(c1ccccc1)C3. The summed E-state index contributed by atoms with van der Waals surface area (Å²) < 4.78 is 11.6. The Balaban J connectivity index is 1.78. The fraction of sp³-hybridized carbons (Fsp3) is 0.115. The molecule has 4 aromatic rings. The molecule has 142 valence electrons. The fourth-order valence-electron chi connectivity index (χ4n) is 4.19. The van der Waals surface area contributed by atoms with Crippen LogP contribution in [0.25, 0.3) is 22.6 Å². The maximum atomic E-state index is 13.4. The molecule has 0 saturated carbocycles. The summed E-state index contributed by atoms with van der Waals surface area (Å²) >= 11 is 0. The van der Waals surface area contributed by atoms with Crippen LogP contribution in [-0.4, -0.2) is 7.11 Å². The van der Waals surface area contributed by atoms with Crippen LogP contribution in [0.1, 0.15) is 28.4 Å². The third-order valence-electron chi connectivity index (χ3n) is 5.59. The predicted octanol–water partition coefficient (Wildman–Crippen LogP) is 5.68. The quantitative estimate of drug-likeness (QED) is 0.459. The summed E-state index contributed by atoms with van der Waals surface area (Å²) in [5.74, 6) is 1.39. The summed E-state index contributed by atoms with van der Waals surface area (Å²) in [4.78, 5) is 13.4. The van der Waals surface area contributed by atoms with Crippen molar-refractivity contribution < 1.29 is 9.15 Å². The Labute approximate surface area is 168 Å². The second-order valence-electron chi connectivity index (χ2n) is 7.23. The van der Waals surface area contributed by atoms with Crippen molar-refractivity contribution in [1.82, 2.24) is 0 Å². The smallest absolute Gasteiger partial charge is 0.203 e. The number of methoxy groups -OCH3 is 1. The van der Waals surface area contributed by atoms with Gasteiger partial charge < -0.3 is 9.15 Å². The van der Waals surface area contributed by atoms with E-state index in [4.69, 9.17) is 9.15 Å². The molecule has 5 rings (SSSR count). The molecule has 0 fully saturated rings. The van der Waals surface area contributed by atoms with E-state index in [1.54, 1.807) is 13.2 Å². The summed E-state index contributed by atoms with van der Waals surface area (Å²) in [6.45, 7) is 0. The molecule has 0 radical (unpaired) electrons. The summed E-state index contributed by atoms with van der Waals surface area (Å²) in [6, 6.07) is 26.1. The Morgan fingerprint density at radius 3 is 2.34 bits per heavy atom. The van der Waals surface area contributed by atoms with Gasteiger partial charge in [0.25, 0.3) is 0 Å². The van der Waals surface area contributed by atoms with Gasteiger partial charge in [-0.2, -0.15) is 0 Å². The number of allylic oxidation sites excluding steroid dienone is 1. The molecule has 1 aliphatic rings. The van der Waals surface area contributed by atoms with Crippen molar-refractivity contribution in [3.8, 4) is 5.75 Å². The van der Waals surface area contributed by atoms with Gasteiger partial charge in [0.15, 0.2) is 0 Å². The Hall–Kier alpha value is -3.59.